The van der Waals surface area contributed by atoms with Crippen molar-refractivity contribution >= 4 is 33.4 Å². The Bertz CT molecular complexity index is 621. The Labute approximate surface area is 135 Å². The molecule has 0 aliphatic carbocycles. The molecule has 1 rings (SSSR count). The number of carbonyl (C=O) groups excluding carboxylic acids is 1. The summed E-state index contributed by atoms with van der Waals surface area (Å²) in [7, 11) is -3.50. The van der Waals surface area contributed by atoms with Crippen molar-refractivity contribution in [3.63, 3.8) is 0 Å². The fourth-order valence-corrected chi connectivity index (χ4v) is 2.98. The molecule has 0 fully saturated rings. The predicted molar refractivity (Wildman–Crippen MR) is 89.2 cm³/mol. The standard InChI is InChI=1S/C14H21FN2O3S2/c1-4-22(19,20)17-13(7-8-21-3)14(18)16-11-6-5-10(2)12(15)9-11/h5-6,9,13,17H,4,7-8H2,1-3H3,(H,16,18). The van der Waals surface area contributed by atoms with Gasteiger partial charge in [-0.2, -0.15) is 11.8 Å². The Kier molecular flexibility index (Phi) is 7.31. The maximum Gasteiger partial charge on any atom is 0.242 e. The minimum absolute atomic E-state index is 0.102. The molecule has 2 N–H and O–H groups in total. The number of benzene rings is 1. The molecule has 0 aromatic heterocycles. The van der Waals surface area contributed by atoms with E-state index >= 15 is 0 Å². The fourth-order valence-electron chi connectivity index (χ4n) is 1.68. The highest BCUT2D eigenvalue weighted by molar-refractivity contribution is 7.98. The van der Waals surface area contributed by atoms with Crippen LogP contribution in [0.4, 0.5) is 10.1 Å². The molecule has 22 heavy (non-hydrogen) atoms. The third-order valence-corrected chi connectivity index (χ3v) is 5.12. The molecule has 1 unspecified atom stereocenters. The summed E-state index contributed by atoms with van der Waals surface area (Å²) < 4.78 is 39.2. The van der Waals surface area contributed by atoms with E-state index in [0.29, 0.717) is 23.4 Å². The second-order valence-electron chi connectivity index (χ2n) is 4.81. The number of amides is 1. The first kappa shape index (κ1) is 18.9. The van der Waals surface area contributed by atoms with Gasteiger partial charge in [0.1, 0.15) is 11.9 Å². The van der Waals surface area contributed by atoms with Crippen molar-refractivity contribution in [2.75, 3.05) is 23.1 Å². The van der Waals surface area contributed by atoms with Gasteiger partial charge in [0.15, 0.2) is 0 Å². The second-order valence-corrected chi connectivity index (χ2v) is 7.84. The van der Waals surface area contributed by atoms with E-state index in [2.05, 4.69) is 10.0 Å². The fraction of sp³-hybridized carbons (Fsp3) is 0.500. The van der Waals surface area contributed by atoms with E-state index in [4.69, 9.17) is 0 Å². The molecule has 0 radical (unpaired) electrons. The van der Waals surface area contributed by atoms with Crippen LogP contribution in [-0.4, -0.2) is 38.1 Å². The molecule has 0 aliphatic heterocycles. The highest BCUT2D eigenvalue weighted by Crippen LogP contribution is 2.14. The highest BCUT2D eigenvalue weighted by atomic mass is 32.2. The van der Waals surface area contributed by atoms with Gasteiger partial charge in [0, 0.05) is 5.69 Å². The first-order valence-corrected chi connectivity index (χ1v) is 9.89. The Morgan fingerprint density at radius 2 is 2.09 bits per heavy atom. The lowest BCUT2D eigenvalue weighted by atomic mass is 10.2. The lowest BCUT2D eigenvalue weighted by molar-refractivity contribution is -0.117. The van der Waals surface area contributed by atoms with Crippen LogP contribution in [0.5, 0.6) is 0 Å². The van der Waals surface area contributed by atoms with Gasteiger partial charge in [-0.3, -0.25) is 4.79 Å². The Balaban J connectivity index is 2.84. The number of hydrogen-bond donors (Lipinski definition) is 2. The minimum Gasteiger partial charge on any atom is -0.325 e. The average molecular weight is 348 g/mol. The van der Waals surface area contributed by atoms with E-state index in [1.165, 1.54) is 24.8 Å². The number of rotatable bonds is 8. The van der Waals surface area contributed by atoms with Crippen LogP contribution in [0, 0.1) is 12.7 Å². The molecule has 1 atom stereocenters. The molecule has 0 aliphatic rings. The number of anilines is 1. The summed E-state index contributed by atoms with van der Waals surface area (Å²) in [5, 5.41) is 2.55. The number of nitrogens with one attached hydrogen (secondary N) is 2. The predicted octanol–water partition coefficient (Wildman–Crippen LogP) is 2.13. The van der Waals surface area contributed by atoms with Gasteiger partial charge in [-0.15, -0.1) is 0 Å². The van der Waals surface area contributed by atoms with Gasteiger partial charge in [-0.25, -0.2) is 17.5 Å². The summed E-state index contributed by atoms with van der Waals surface area (Å²) >= 11 is 1.52. The van der Waals surface area contributed by atoms with Crippen LogP contribution in [0.3, 0.4) is 0 Å². The van der Waals surface area contributed by atoms with E-state index in [0.717, 1.165) is 0 Å². The normalized spacial score (nSPS) is 12.9. The number of halogens is 1. The maximum absolute atomic E-state index is 13.5. The maximum atomic E-state index is 13.5. The van der Waals surface area contributed by atoms with E-state index in [9.17, 15) is 17.6 Å². The molecule has 0 bridgehead atoms. The molecule has 0 saturated heterocycles. The molecule has 0 spiro atoms. The molecule has 5 nitrogen and oxygen atoms in total. The number of sulfonamides is 1. The van der Waals surface area contributed by atoms with Gasteiger partial charge in [0.25, 0.3) is 0 Å². The molecule has 0 saturated carbocycles. The van der Waals surface area contributed by atoms with Crippen LogP contribution in [0.15, 0.2) is 18.2 Å². The van der Waals surface area contributed by atoms with Gasteiger partial charge in [0.05, 0.1) is 5.75 Å². The van der Waals surface area contributed by atoms with Crippen LogP contribution in [-0.2, 0) is 14.8 Å². The quantitative estimate of drug-likeness (QED) is 0.755. The summed E-state index contributed by atoms with van der Waals surface area (Å²) in [4.78, 5) is 12.2. The SMILES string of the molecule is CCS(=O)(=O)NC(CCSC)C(=O)Nc1ccc(C)c(F)c1. The summed E-state index contributed by atoms with van der Waals surface area (Å²) in [5.41, 5.74) is 0.779. The molecular weight excluding hydrogens is 327 g/mol. The first-order chi connectivity index (χ1) is 10.3. The molecule has 1 aromatic carbocycles. The van der Waals surface area contributed by atoms with E-state index in [1.54, 1.807) is 19.1 Å². The van der Waals surface area contributed by atoms with E-state index < -0.39 is 27.8 Å². The van der Waals surface area contributed by atoms with Crippen molar-refractivity contribution < 1.29 is 17.6 Å². The van der Waals surface area contributed by atoms with Crippen LogP contribution >= 0.6 is 11.8 Å². The summed E-state index contributed by atoms with van der Waals surface area (Å²) in [6.07, 6.45) is 2.24. The molecule has 1 amide bonds. The minimum atomic E-state index is -3.50. The van der Waals surface area contributed by atoms with Crippen molar-refractivity contribution in [3.8, 4) is 0 Å². The van der Waals surface area contributed by atoms with Crippen molar-refractivity contribution in [3.05, 3.63) is 29.6 Å². The van der Waals surface area contributed by atoms with E-state index in [-0.39, 0.29) is 5.75 Å². The van der Waals surface area contributed by atoms with E-state index in [1.807, 2.05) is 6.26 Å². The van der Waals surface area contributed by atoms with Crippen LogP contribution in [0.25, 0.3) is 0 Å². The smallest absolute Gasteiger partial charge is 0.242 e. The number of thioether (sulfide) groups is 1. The van der Waals surface area contributed by atoms with Crippen molar-refractivity contribution in [1.82, 2.24) is 4.72 Å². The number of hydrogen-bond acceptors (Lipinski definition) is 4. The van der Waals surface area contributed by atoms with Crippen molar-refractivity contribution in [1.29, 1.82) is 0 Å². The largest absolute Gasteiger partial charge is 0.325 e. The summed E-state index contributed by atoms with van der Waals surface area (Å²) in [5.74, 6) is -0.385. The topological polar surface area (TPSA) is 75.3 Å². The summed E-state index contributed by atoms with van der Waals surface area (Å²) in [6.45, 7) is 3.12. The van der Waals surface area contributed by atoms with Gasteiger partial charge in [0.2, 0.25) is 15.9 Å². The molecule has 1 aromatic rings. The van der Waals surface area contributed by atoms with Crippen LogP contribution in [0.2, 0.25) is 0 Å². The van der Waals surface area contributed by atoms with Gasteiger partial charge in [-0.05, 0) is 50.0 Å². The molecular formula is C14H21FN2O3S2. The van der Waals surface area contributed by atoms with Crippen LogP contribution in [0.1, 0.15) is 18.9 Å². The Morgan fingerprint density at radius 1 is 1.41 bits per heavy atom. The second kappa shape index (κ2) is 8.50. The first-order valence-electron chi connectivity index (χ1n) is 6.85. The molecule has 124 valence electrons. The zero-order valence-electron chi connectivity index (χ0n) is 12.8. The van der Waals surface area contributed by atoms with Gasteiger partial charge < -0.3 is 5.32 Å². The Morgan fingerprint density at radius 3 is 2.64 bits per heavy atom. The van der Waals surface area contributed by atoms with Crippen molar-refractivity contribution in [2.24, 2.45) is 0 Å². The van der Waals surface area contributed by atoms with Crippen LogP contribution < -0.4 is 10.0 Å². The van der Waals surface area contributed by atoms with Gasteiger partial charge in [-0.1, -0.05) is 6.07 Å². The highest BCUT2D eigenvalue weighted by Gasteiger charge is 2.23. The number of carbonyl (C=O) groups is 1. The Hall–Kier alpha value is -1.12. The molecule has 8 heteroatoms. The molecule has 0 heterocycles. The lowest BCUT2D eigenvalue weighted by Crippen LogP contribution is -2.44. The van der Waals surface area contributed by atoms with Gasteiger partial charge >= 0.3 is 0 Å². The number of aryl methyl sites for hydroxylation is 1. The third kappa shape index (κ3) is 5.94. The average Bonchev–Trinajstić information content (AvgIpc) is 2.47. The lowest BCUT2D eigenvalue weighted by Gasteiger charge is -2.18. The zero-order chi connectivity index (χ0) is 16.8. The van der Waals surface area contributed by atoms with Crippen molar-refractivity contribution in [2.45, 2.75) is 26.3 Å². The monoisotopic (exact) mass is 348 g/mol. The third-order valence-electron chi connectivity index (χ3n) is 3.07. The summed E-state index contributed by atoms with van der Waals surface area (Å²) in [6, 6.07) is 3.48. The zero-order valence-corrected chi connectivity index (χ0v) is 14.5.